The van der Waals surface area contributed by atoms with E-state index in [9.17, 15) is 9.90 Å². The third-order valence-corrected chi connectivity index (χ3v) is 4.71. The van der Waals surface area contributed by atoms with Crippen molar-refractivity contribution in [3.05, 3.63) is 71.8 Å². The summed E-state index contributed by atoms with van der Waals surface area (Å²) in [5.41, 5.74) is 1.49. The van der Waals surface area contributed by atoms with E-state index in [1.165, 1.54) is 0 Å². The number of carbonyl (C=O) groups is 1. The Morgan fingerprint density at radius 3 is 2.31 bits per heavy atom. The molecule has 0 spiro atoms. The highest BCUT2D eigenvalue weighted by Gasteiger charge is 2.49. The van der Waals surface area contributed by atoms with E-state index in [4.69, 9.17) is 9.47 Å². The highest BCUT2D eigenvalue weighted by atomic mass is 16.6. The molecule has 5 nitrogen and oxygen atoms in total. The number of amides is 1. The zero-order valence-corrected chi connectivity index (χ0v) is 14.9. The van der Waals surface area contributed by atoms with Crippen molar-refractivity contribution >= 4 is 6.09 Å². The van der Waals surface area contributed by atoms with Gasteiger partial charge in [-0.05, 0) is 30.9 Å². The number of alkyl carbamates (subject to hydrolysis) is 1. The third-order valence-electron chi connectivity index (χ3n) is 4.71. The van der Waals surface area contributed by atoms with Crippen molar-refractivity contribution in [1.82, 2.24) is 5.32 Å². The van der Waals surface area contributed by atoms with Crippen LogP contribution in [-0.4, -0.2) is 35.6 Å². The van der Waals surface area contributed by atoms with E-state index < -0.39 is 23.8 Å². The van der Waals surface area contributed by atoms with Gasteiger partial charge in [0.2, 0.25) is 0 Å². The molecule has 2 aromatic rings. The standard InChI is InChI=1S/C21H25NO4/c1-21(15-26-21)19(23)18(13-12-16-8-4-2-5-9-16)22-20(24)25-14-17-10-6-3-7-11-17/h2-11,18-19,23H,12-15H2,1H3,(H,22,24)/t18-,19-,21+/m0/s1. The topological polar surface area (TPSA) is 71.1 Å². The van der Waals surface area contributed by atoms with Crippen LogP contribution in [0.15, 0.2) is 60.7 Å². The number of carbonyl (C=O) groups excluding carboxylic acids is 1. The van der Waals surface area contributed by atoms with Crippen LogP contribution in [0.25, 0.3) is 0 Å². The summed E-state index contributed by atoms with van der Waals surface area (Å²) < 4.78 is 10.7. The largest absolute Gasteiger partial charge is 0.445 e. The van der Waals surface area contributed by atoms with E-state index in [2.05, 4.69) is 5.32 Å². The SMILES string of the molecule is C[C@]1([C@@H](O)[C@H](CCc2ccccc2)NC(=O)OCc2ccccc2)CO1. The molecule has 0 aliphatic carbocycles. The molecular formula is C21H25NO4. The maximum Gasteiger partial charge on any atom is 0.407 e. The Morgan fingerprint density at radius 1 is 1.15 bits per heavy atom. The van der Waals surface area contributed by atoms with Gasteiger partial charge in [-0.2, -0.15) is 0 Å². The Bertz CT molecular complexity index is 700. The molecule has 26 heavy (non-hydrogen) atoms. The molecule has 1 fully saturated rings. The van der Waals surface area contributed by atoms with Gasteiger partial charge in [-0.1, -0.05) is 60.7 Å². The van der Waals surface area contributed by atoms with Crippen molar-refractivity contribution in [2.24, 2.45) is 0 Å². The lowest BCUT2D eigenvalue weighted by Gasteiger charge is -2.26. The van der Waals surface area contributed by atoms with Gasteiger partial charge in [0.15, 0.2) is 0 Å². The van der Waals surface area contributed by atoms with Crippen molar-refractivity contribution in [2.45, 2.75) is 44.1 Å². The number of epoxide rings is 1. The maximum atomic E-state index is 12.2. The first-order valence-corrected chi connectivity index (χ1v) is 8.90. The molecule has 138 valence electrons. The number of ether oxygens (including phenoxy) is 2. The molecule has 3 atom stereocenters. The Balaban J connectivity index is 1.56. The second-order valence-electron chi connectivity index (χ2n) is 6.88. The lowest BCUT2D eigenvalue weighted by atomic mass is 9.93. The summed E-state index contributed by atoms with van der Waals surface area (Å²) in [6.45, 7) is 2.54. The molecule has 3 rings (SSSR count). The summed E-state index contributed by atoms with van der Waals surface area (Å²) in [4.78, 5) is 12.2. The van der Waals surface area contributed by atoms with Gasteiger partial charge in [-0.3, -0.25) is 0 Å². The first-order valence-electron chi connectivity index (χ1n) is 8.90. The molecule has 1 amide bonds. The number of aryl methyl sites for hydroxylation is 1. The average molecular weight is 355 g/mol. The van der Waals surface area contributed by atoms with E-state index in [0.29, 0.717) is 13.0 Å². The normalized spacial score (nSPS) is 20.8. The Labute approximate surface area is 153 Å². The van der Waals surface area contributed by atoms with Crippen LogP contribution < -0.4 is 5.32 Å². The number of aliphatic hydroxyl groups is 1. The number of nitrogens with one attached hydrogen (secondary N) is 1. The highest BCUT2D eigenvalue weighted by molar-refractivity contribution is 5.67. The number of aliphatic hydroxyl groups excluding tert-OH is 1. The first-order chi connectivity index (χ1) is 12.6. The number of benzene rings is 2. The van der Waals surface area contributed by atoms with Crippen molar-refractivity contribution in [2.75, 3.05) is 6.61 Å². The molecule has 1 saturated heterocycles. The Morgan fingerprint density at radius 2 is 1.73 bits per heavy atom. The molecule has 2 N–H and O–H groups in total. The number of hydrogen-bond donors (Lipinski definition) is 2. The van der Waals surface area contributed by atoms with Crippen LogP contribution in [0.2, 0.25) is 0 Å². The van der Waals surface area contributed by atoms with E-state index in [-0.39, 0.29) is 6.61 Å². The number of rotatable bonds is 8. The molecule has 0 unspecified atom stereocenters. The Hall–Kier alpha value is -2.37. The molecule has 0 saturated carbocycles. The molecule has 0 radical (unpaired) electrons. The van der Waals surface area contributed by atoms with Gasteiger partial charge in [0.05, 0.1) is 12.6 Å². The van der Waals surface area contributed by atoms with Crippen LogP contribution in [0.1, 0.15) is 24.5 Å². The van der Waals surface area contributed by atoms with Crippen LogP contribution in [-0.2, 0) is 22.5 Å². The fourth-order valence-electron chi connectivity index (χ4n) is 2.90. The molecule has 2 aromatic carbocycles. The molecule has 5 heteroatoms. The maximum absolute atomic E-state index is 12.2. The van der Waals surface area contributed by atoms with Crippen LogP contribution in [0, 0.1) is 0 Å². The van der Waals surface area contributed by atoms with E-state index in [0.717, 1.165) is 17.5 Å². The molecule has 1 heterocycles. The second-order valence-corrected chi connectivity index (χ2v) is 6.88. The molecule has 0 aromatic heterocycles. The van der Waals surface area contributed by atoms with Crippen molar-refractivity contribution in [1.29, 1.82) is 0 Å². The minimum absolute atomic E-state index is 0.196. The summed E-state index contributed by atoms with van der Waals surface area (Å²) in [5, 5.41) is 13.4. The van der Waals surface area contributed by atoms with E-state index >= 15 is 0 Å². The predicted molar refractivity (Wildman–Crippen MR) is 98.7 cm³/mol. The van der Waals surface area contributed by atoms with E-state index in [1.807, 2.05) is 67.6 Å². The highest BCUT2D eigenvalue weighted by Crippen LogP contribution is 2.32. The molecule has 1 aliphatic heterocycles. The monoisotopic (exact) mass is 355 g/mol. The summed E-state index contributed by atoms with van der Waals surface area (Å²) in [6.07, 6.45) is 0.0352. The molecular weight excluding hydrogens is 330 g/mol. The Kier molecular flexibility index (Phi) is 5.91. The van der Waals surface area contributed by atoms with Crippen LogP contribution in [0.4, 0.5) is 4.79 Å². The fraction of sp³-hybridized carbons (Fsp3) is 0.381. The average Bonchev–Trinajstić information content (AvgIpc) is 3.43. The minimum atomic E-state index is -0.782. The van der Waals surface area contributed by atoms with Gasteiger partial charge in [0.1, 0.15) is 18.3 Å². The summed E-state index contributed by atoms with van der Waals surface area (Å²) >= 11 is 0. The quantitative estimate of drug-likeness (QED) is 0.714. The summed E-state index contributed by atoms with van der Waals surface area (Å²) in [6, 6.07) is 19.1. The lowest BCUT2D eigenvalue weighted by molar-refractivity contribution is 0.0444. The van der Waals surface area contributed by atoms with Crippen molar-refractivity contribution < 1.29 is 19.4 Å². The van der Waals surface area contributed by atoms with Crippen molar-refractivity contribution in [3.63, 3.8) is 0 Å². The second kappa shape index (κ2) is 8.34. The van der Waals surface area contributed by atoms with Crippen molar-refractivity contribution in [3.8, 4) is 0 Å². The molecule has 1 aliphatic rings. The smallest absolute Gasteiger partial charge is 0.407 e. The van der Waals surface area contributed by atoms with Crippen LogP contribution in [0.3, 0.4) is 0 Å². The first kappa shape index (κ1) is 18.4. The van der Waals surface area contributed by atoms with Gasteiger partial charge in [0.25, 0.3) is 0 Å². The lowest BCUT2D eigenvalue weighted by Crippen LogP contribution is -2.49. The molecule has 0 bridgehead atoms. The van der Waals surface area contributed by atoms with Crippen LogP contribution in [0.5, 0.6) is 0 Å². The van der Waals surface area contributed by atoms with Gasteiger partial charge in [-0.15, -0.1) is 0 Å². The zero-order valence-electron chi connectivity index (χ0n) is 14.9. The number of hydrogen-bond acceptors (Lipinski definition) is 4. The third kappa shape index (κ3) is 5.07. The van der Waals surface area contributed by atoms with Crippen LogP contribution >= 0.6 is 0 Å². The minimum Gasteiger partial charge on any atom is -0.445 e. The fourth-order valence-corrected chi connectivity index (χ4v) is 2.90. The van der Waals surface area contributed by atoms with E-state index in [1.54, 1.807) is 0 Å². The zero-order chi connectivity index (χ0) is 18.4. The van der Waals surface area contributed by atoms with Gasteiger partial charge >= 0.3 is 6.09 Å². The predicted octanol–water partition coefficient (Wildman–Crippen LogP) is 3.06. The van der Waals surface area contributed by atoms with Gasteiger partial charge < -0.3 is 19.9 Å². The summed E-state index contributed by atoms with van der Waals surface area (Å²) in [7, 11) is 0. The van der Waals surface area contributed by atoms with Gasteiger partial charge in [-0.25, -0.2) is 4.79 Å². The van der Waals surface area contributed by atoms with Gasteiger partial charge in [0, 0.05) is 0 Å². The summed E-state index contributed by atoms with van der Waals surface area (Å²) in [5.74, 6) is 0.